The topological polar surface area (TPSA) is 113 Å². The van der Waals surface area contributed by atoms with Crippen LogP contribution in [0.25, 0.3) is 0 Å². The number of piperidine rings is 2. The number of nitrogens with zero attached hydrogens (tertiary/aromatic N) is 2. The summed E-state index contributed by atoms with van der Waals surface area (Å²) in [7, 11) is -7.05. The van der Waals surface area contributed by atoms with Gasteiger partial charge in [0, 0.05) is 31.2 Å². The average molecular weight is 584 g/mol. The second-order valence-corrected chi connectivity index (χ2v) is 14.0. The number of sulfonamides is 2. The minimum atomic E-state index is -3.56. The highest BCUT2D eigenvalue weighted by Gasteiger charge is 2.32. The number of carbonyl (C=O) groups excluding carboxylic acids is 1. The van der Waals surface area contributed by atoms with E-state index in [1.54, 1.807) is 48.5 Å². The predicted octanol–water partition coefficient (Wildman–Crippen LogP) is 3.25. The van der Waals surface area contributed by atoms with E-state index in [-0.39, 0.29) is 36.3 Å². The Morgan fingerprint density at radius 3 is 2.24 bits per heavy atom. The zero-order valence-corrected chi connectivity index (χ0v) is 23.6. The van der Waals surface area contributed by atoms with Crippen LogP contribution in [0.3, 0.4) is 0 Å². The van der Waals surface area contributed by atoms with Gasteiger partial charge in [0.25, 0.3) is 0 Å². The van der Waals surface area contributed by atoms with E-state index in [0.717, 1.165) is 19.3 Å². The summed E-state index contributed by atoms with van der Waals surface area (Å²) < 4.78 is 59.9. The first-order valence-electron chi connectivity index (χ1n) is 12.9. The smallest absolute Gasteiger partial charge is 0.243 e. The molecule has 2 fully saturated rings. The third-order valence-corrected chi connectivity index (χ3v) is 10.8. The van der Waals surface area contributed by atoms with E-state index in [2.05, 4.69) is 5.32 Å². The van der Waals surface area contributed by atoms with Crippen LogP contribution in [0.15, 0.2) is 53.4 Å². The highest BCUT2D eigenvalue weighted by molar-refractivity contribution is 7.89. The molecule has 208 valence electrons. The van der Waals surface area contributed by atoms with Crippen LogP contribution in [0.2, 0.25) is 5.02 Å². The number of carbonyl (C=O) groups is 1. The molecule has 1 N–H and O–H groups in total. The van der Waals surface area contributed by atoms with Crippen LogP contribution in [-0.4, -0.2) is 70.7 Å². The maximum absolute atomic E-state index is 12.9. The van der Waals surface area contributed by atoms with Gasteiger partial charge in [0.15, 0.2) is 0 Å². The van der Waals surface area contributed by atoms with Gasteiger partial charge < -0.3 is 10.1 Å². The van der Waals surface area contributed by atoms with Crippen molar-refractivity contribution in [2.45, 2.75) is 42.8 Å². The number of ether oxygens (including phenoxy) is 1. The van der Waals surface area contributed by atoms with Gasteiger partial charge in [-0.15, -0.1) is 0 Å². The molecule has 0 aliphatic carbocycles. The molecule has 38 heavy (non-hydrogen) atoms. The zero-order chi connectivity index (χ0) is 27.2. The standard InChI is InChI=1S/C26H34ClN3O6S2/c27-23-8-6-21(7-9-23)20-37(32,33)30-17-4-5-22(19-30)26(31)28-14-18-36-24-10-12-25(13-11-24)38(34,35)29-15-2-1-3-16-29/h6-13,22H,1-5,14-20H2,(H,28,31). The Balaban J connectivity index is 1.22. The van der Waals surface area contributed by atoms with Crippen molar-refractivity contribution in [2.75, 3.05) is 39.3 Å². The number of rotatable bonds is 10. The van der Waals surface area contributed by atoms with Crippen LogP contribution in [0.5, 0.6) is 5.75 Å². The Kier molecular flexibility index (Phi) is 9.69. The monoisotopic (exact) mass is 583 g/mol. The van der Waals surface area contributed by atoms with Gasteiger partial charge in [-0.25, -0.2) is 21.1 Å². The number of amides is 1. The first-order valence-corrected chi connectivity index (χ1v) is 16.3. The van der Waals surface area contributed by atoms with Crippen molar-refractivity contribution in [1.29, 1.82) is 0 Å². The first kappa shape index (κ1) is 28.8. The van der Waals surface area contributed by atoms with Crippen LogP contribution < -0.4 is 10.1 Å². The van der Waals surface area contributed by atoms with Crippen molar-refractivity contribution < 1.29 is 26.4 Å². The lowest BCUT2D eigenvalue weighted by Crippen LogP contribution is -2.46. The van der Waals surface area contributed by atoms with Gasteiger partial charge in [0.05, 0.1) is 23.1 Å². The first-order chi connectivity index (χ1) is 18.1. The lowest BCUT2D eigenvalue weighted by molar-refractivity contribution is -0.126. The molecule has 2 aliphatic heterocycles. The number of halogens is 1. The molecular weight excluding hydrogens is 550 g/mol. The molecule has 2 aromatic rings. The number of hydrogen-bond acceptors (Lipinski definition) is 6. The molecule has 2 aliphatic rings. The Morgan fingerprint density at radius 1 is 0.895 bits per heavy atom. The SMILES string of the molecule is O=C(NCCOc1ccc(S(=O)(=O)N2CCCCC2)cc1)C1CCCN(S(=O)(=O)Cc2ccc(Cl)cc2)C1. The average Bonchev–Trinajstić information content (AvgIpc) is 2.93. The predicted molar refractivity (Wildman–Crippen MR) is 146 cm³/mol. The maximum atomic E-state index is 12.9. The highest BCUT2D eigenvalue weighted by Crippen LogP contribution is 2.24. The fraction of sp³-hybridized carbons (Fsp3) is 0.500. The van der Waals surface area contributed by atoms with Gasteiger partial charge in [-0.3, -0.25) is 4.79 Å². The van der Waals surface area contributed by atoms with Crippen LogP contribution in [-0.2, 0) is 30.6 Å². The Labute approximate surface area is 230 Å². The van der Waals surface area contributed by atoms with Crippen LogP contribution in [0.1, 0.15) is 37.7 Å². The molecule has 0 bridgehead atoms. The summed E-state index contributed by atoms with van der Waals surface area (Å²) in [6.07, 6.45) is 4.04. The van der Waals surface area contributed by atoms with E-state index in [1.807, 2.05) is 0 Å². The molecule has 2 saturated heterocycles. The zero-order valence-electron chi connectivity index (χ0n) is 21.2. The lowest BCUT2D eigenvalue weighted by atomic mass is 9.99. The molecular formula is C26H34ClN3O6S2. The number of hydrogen-bond donors (Lipinski definition) is 1. The molecule has 12 heteroatoms. The Bertz CT molecular complexity index is 1300. The van der Waals surface area contributed by atoms with E-state index in [4.69, 9.17) is 16.3 Å². The second kappa shape index (κ2) is 12.8. The van der Waals surface area contributed by atoms with E-state index in [1.165, 1.54) is 8.61 Å². The van der Waals surface area contributed by atoms with Crippen LogP contribution in [0.4, 0.5) is 0 Å². The van der Waals surface area contributed by atoms with E-state index < -0.39 is 26.0 Å². The normalized spacial score (nSPS) is 19.7. The largest absolute Gasteiger partial charge is 0.492 e. The van der Waals surface area contributed by atoms with Crippen LogP contribution >= 0.6 is 11.6 Å². The molecule has 1 atom stereocenters. The second-order valence-electron chi connectivity index (χ2n) is 9.66. The number of nitrogens with one attached hydrogen (secondary N) is 1. The van der Waals surface area contributed by atoms with Crippen molar-refractivity contribution in [3.05, 3.63) is 59.1 Å². The molecule has 9 nitrogen and oxygen atoms in total. The molecule has 1 unspecified atom stereocenters. The molecule has 0 aromatic heterocycles. The van der Waals surface area contributed by atoms with Crippen LogP contribution in [0, 0.1) is 5.92 Å². The van der Waals surface area contributed by atoms with Crippen molar-refractivity contribution >= 4 is 37.6 Å². The minimum Gasteiger partial charge on any atom is -0.492 e. The molecule has 2 heterocycles. The molecule has 0 spiro atoms. The third kappa shape index (κ3) is 7.47. The summed E-state index contributed by atoms with van der Waals surface area (Å²) >= 11 is 5.89. The van der Waals surface area contributed by atoms with Gasteiger partial charge in [-0.1, -0.05) is 30.2 Å². The summed E-state index contributed by atoms with van der Waals surface area (Å²) in [4.78, 5) is 13.0. The quantitative estimate of drug-likeness (QED) is 0.430. The fourth-order valence-corrected chi connectivity index (χ4v) is 7.99. The fourth-order valence-electron chi connectivity index (χ4n) is 4.74. The van der Waals surface area contributed by atoms with Crippen molar-refractivity contribution in [3.63, 3.8) is 0 Å². The Hall–Kier alpha value is -2.18. The molecule has 4 rings (SSSR count). The molecule has 1 amide bonds. The molecule has 0 saturated carbocycles. The maximum Gasteiger partial charge on any atom is 0.243 e. The molecule has 0 radical (unpaired) electrons. The van der Waals surface area contributed by atoms with E-state index >= 15 is 0 Å². The van der Waals surface area contributed by atoms with Gasteiger partial charge in [0.2, 0.25) is 26.0 Å². The summed E-state index contributed by atoms with van der Waals surface area (Å²) in [6.45, 7) is 2.10. The third-order valence-electron chi connectivity index (χ3n) is 6.86. The van der Waals surface area contributed by atoms with E-state index in [0.29, 0.717) is 48.8 Å². The number of benzene rings is 2. The van der Waals surface area contributed by atoms with Gasteiger partial charge in [0.1, 0.15) is 12.4 Å². The lowest BCUT2D eigenvalue weighted by Gasteiger charge is -2.31. The van der Waals surface area contributed by atoms with Gasteiger partial charge >= 0.3 is 0 Å². The summed E-state index contributed by atoms with van der Waals surface area (Å²) in [5.74, 6) is -0.259. The van der Waals surface area contributed by atoms with Gasteiger partial charge in [-0.2, -0.15) is 4.31 Å². The van der Waals surface area contributed by atoms with Crippen molar-refractivity contribution in [2.24, 2.45) is 5.92 Å². The van der Waals surface area contributed by atoms with Crippen molar-refractivity contribution in [1.82, 2.24) is 13.9 Å². The van der Waals surface area contributed by atoms with E-state index in [9.17, 15) is 21.6 Å². The van der Waals surface area contributed by atoms with Gasteiger partial charge in [-0.05, 0) is 67.6 Å². The minimum absolute atomic E-state index is 0.134. The Morgan fingerprint density at radius 2 is 1.55 bits per heavy atom. The summed E-state index contributed by atoms with van der Waals surface area (Å²) in [5, 5.41) is 3.37. The van der Waals surface area contributed by atoms with Crippen molar-refractivity contribution in [3.8, 4) is 5.75 Å². The molecule has 2 aromatic carbocycles. The summed E-state index contributed by atoms with van der Waals surface area (Å²) in [5.41, 5.74) is 0.648. The summed E-state index contributed by atoms with van der Waals surface area (Å²) in [6, 6.07) is 13.0. The highest BCUT2D eigenvalue weighted by atomic mass is 35.5.